The molecule has 0 spiro atoms. The summed E-state index contributed by atoms with van der Waals surface area (Å²) in [5.41, 5.74) is 1.84. The molecule has 1 heterocycles. The van der Waals surface area contributed by atoms with Crippen molar-refractivity contribution in [1.82, 2.24) is 0 Å². The normalized spacial score (nSPS) is 11.9. The van der Waals surface area contributed by atoms with E-state index in [1.807, 2.05) is 43.3 Å². The predicted molar refractivity (Wildman–Crippen MR) is 86.6 cm³/mol. The average molecular weight is 299 g/mol. The summed E-state index contributed by atoms with van der Waals surface area (Å²) in [5.74, 6) is 3.38. The molecule has 2 rings (SSSR count). The van der Waals surface area contributed by atoms with Gasteiger partial charge in [-0.1, -0.05) is 12.0 Å². The van der Waals surface area contributed by atoms with Crippen molar-refractivity contribution < 1.29 is 14.3 Å². The molecule has 4 heteroatoms. The van der Waals surface area contributed by atoms with E-state index in [0.29, 0.717) is 13.2 Å². The highest BCUT2D eigenvalue weighted by Crippen LogP contribution is 2.16. The number of nitrogens with zero attached hydrogens (tertiary/aromatic N) is 1. The summed E-state index contributed by atoms with van der Waals surface area (Å²) < 4.78 is 10.6. The zero-order valence-electron chi connectivity index (χ0n) is 12.7. The van der Waals surface area contributed by atoms with Gasteiger partial charge >= 0.3 is 0 Å². The number of hydrogen-bond donors (Lipinski definition) is 1. The Morgan fingerprint density at radius 3 is 2.91 bits per heavy atom. The molecule has 1 atom stereocenters. The van der Waals surface area contributed by atoms with Gasteiger partial charge in [-0.05, 0) is 37.3 Å². The maximum Gasteiger partial charge on any atom is 0.129 e. The Bertz CT molecular complexity index is 601. The summed E-state index contributed by atoms with van der Waals surface area (Å²) in [6, 6.07) is 11.4. The molecule has 2 aromatic rings. The molecule has 0 aliphatic rings. The number of terminal acetylenes is 1. The first-order chi connectivity index (χ1) is 10.7. The third-order valence-corrected chi connectivity index (χ3v) is 3.33. The first-order valence-electron chi connectivity index (χ1n) is 7.32. The van der Waals surface area contributed by atoms with Crippen LogP contribution in [0.1, 0.15) is 18.2 Å². The molecule has 0 saturated heterocycles. The van der Waals surface area contributed by atoms with E-state index >= 15 is 0 Å². The van der Waals surface area contributed by atoms with Gasteiger partial charge in [-0.25, -0.2) is 0 Å². The van der Waals surface area contributed by atoms with Crippen LogP contribution in [-0.4, -0.2) is 30.9 Å². The van der Waals surface area contributed by atoms with E-state index in [-0.39, 0.29) is 6.61 Å². The van der Waals surface area contributed by atoms with E-state index in [2.05, 4.69) is 10.8 Å². The minimum absolute atomic E-state index is 0.256. The summed E-state index contributed by atoms with van der Waals surface area (Å²) in [7, 11) is 0. The second-order valence-corrected chi connectivity index (χ2v) is 4.98. The Morgan fingerprint density at radius 1 is 1.36 bits per heavy atom. The highest BCUT2D eigenvalue weighted by molar-refractivity contribution is 5.52. The van der Waals surface area contributed by atoms with Crippen LogP contribution in [0.25, 0.3) is 0 Å². The van der Waals surface area contributed by atoms with Gasteiger partial charge < -0.3 is 19.2 Å². The maximum absolute atomic E-state index is 10.1. The van der Waals surface area contributed by atoms with Gasteiger partial charge in [0.15, 0.2) is 0 Å². The van der Waals surface area contributed by atoms with Crippen LogP contribution in [0.4, 0.5) is 5.69 Å². The summed E-state index contributed by atoms with van der Waals surface area (Å²) in [6.45, 7) is 3.93. The van der Waals surface area contributed by atoms with Crippen LogP contribution in [0.3, 0.4) is 0 Å². The molecule has 4 nitrogen and oxygen atoms in total. The molecule has 0 amide bonds. The van der Waals surface area contributed by atoms with Gasteiger partial charge in [-0.3, -0.25) is 0 Å². The minimum atomic E-state index is -0.579. The number of ether oxygens (including phenoxy) is 1. The molecule has 1 N–H and O–H groups in total. The highest BCUT2D eigenvalue weighted by atomic mass is 16.5. The number of benzene rings is 1. The molecule has 1 unspecified atom stereocenters. The molecule has 116 valence electrons. The number of anilines is 1. The summed E-state index contributed by atoms with van der Waals surface area (Å²) >= 11 is 0. The molecule has 0 saturated carbocycles. The third-order valence-electron chi connectivity index (χ3n) is 3.33. The standard InChI is InChI=1S/C18H21NO3/c1-3-15-7-5-8-16(11-15)19(4-2)12-17(20)13-21-14-18-9-6-10-22-18/h1,5-11,17,20H,4,12-14H2,2H3. The number of likely N-dealkylation sites (N-methyl/N-ethyl adjacent to an activating group) is 1. The highest BCUT2D eigenvalue weighted by Gasteiger charge is 2.12. The second kappa shape index (κ2) is 8.28. The van der Waals surface area contributed by atoms with Crippen molar-refractivity contribution >= 4 is 5.69 Å². The van der Waals surface area contributed by atoms with Crippen LogP contribution in [0.15, 0.2) is 47.1 Å². The van der Waals surface area contributed by atoms with Gasteiger partial charge in [0.05, 0.1) is 19.0 Å². The van der Waals surface area contributed by atoms with Gasteiger partial charge in [0, 0.05) is 24.3 Å². The molecule has 0 aliphatic heterocycles. The van der Waals surface area contributed by atoms with Crippen LogP contribution >= 0.6 is 0 Å². The average Bonchev–Trinajstić information content (AvgIpc) is 3.06. The van der Waals surface area contributed by atoms with Gasteiger partial charge in [0.1, 0.15) is 12.4 Å². The predicted octanol–water partition coefficient (Wildman–Crippen LogP) is 2.66. The van der Waals surface area contributed by atoms with E-state index in [1.165, 1.54) is 0 Å². The summed E-state index contributed by atoms with van der Waals surface area (Å²) in [6.07, 6.45) is 6.45. The lowest BCUT2D eigenvalue weighted by molar-refractivity contribution is 0.0256. The largest absolute Gasteiger partial charge is 0.467 e. The molecule has 1 aromatic heterocycles. The zero-order valence-corrected chi connectivity index (χ0v) is 12.7. The molecular weight excluding hydrogens is 278 g/mol. The third kappa shape index (κ3) is 4.66. The number of aliphatic hydroxyl groups excluding tert-OH is 1. The van der Waals surface area contributed by atoms with Gasteiger partial charge in [-0.15, -0.1) is 6.42 Å². The van der Waals surface area contributed by atoms with Crippen molar-refractivity contribution in [2.45, 2.75) is 19.6 Å². The monoisotopic (exact) mass is 299 g/mol. The van der Waals surface area contributed by atoms with Crippen molar-refractivity contribution in [3.8, 4) is 12.3 Å². The van der Waals surface area contributed by atoms with Crippen LogP contribution in [-0.2, 0) is 11.3 Å². The van der Waals surface area contributed by atoms with E-state index < -0.39 is 6.10 Å². The fourth-order valence-corrected chi connectivity index (χ4v) is 2.21. The Hall–Kier alpha value is -2.22. The smallest absolute Gasteiger partial charge is 0.129 e. The zero-order chi connectivity index (χ0) is 15.8. The Kier molecular flexibility index (Phi) is 6.08. The van der Waals surface area contributed by atoms with Gasteiger partial charge in [0.2, 0.25) is 0 Å². The Morgan fingerprint density at radius 2 is 2.23 bits per heavy atom. The maximum atomic E-state index is 10.1. The fourth-order valence-electron chi connectivity index (χ4n) is 2.21. The Balaban J connectivity index is 1.84. The van der Waals surface area contributed by atoms with Crippen molar-refractivity contribution in [2.75, 3.05) is 24.6 Å². The van der Waals surface area contributed by atoms with E-state index in [1.54, 1.807) is 6.26 Å². The fraction of sp³-hybridized carbons (Fsp3) is 0.333. The number of aliphatic hydroxyl groups is 1. The van der Waals surface area contributed by atoms with Crippen molar-refractivity contribution in [3.05, 3.63) is 54.0 Å². The first-order valence-corrected chi connectivity index (χ1v) is 7.32. The lowest BCUT2D eigenvalue weighted by Gasteiger charge is -2.26. The van der Waals surface area contributed by atoms with Crippen LogP contribution in [0.2, 0.25) is 0 Å². The van der Waals surface area contributed by atoms with Gasteiger partial charge in [-0.2, -0.15) is 0 Å². The van der Waals surface area contributed by atoms with Crippen molar-refractivity contribution in [3.63, 3.8) is 0 Å². The molecule has 22 heavy (non-hydrogen) atoms. The molecule has 0 radical (unpaired) electrons. The minimum Gasteiger partial charge on any atom is -0.467 e. The lowest BCUT2D eigenvalue weighted by atomic mass is 10.2. The van der Waals surface area contributed by atoms with Crippen LogP contribution in [0, 0.1) is 12.3 Å². The number of hydrogen-bond acceptors (Lipinski definition) is 4. The lowest BCUT2D eigenvalue weighted by Crippen LogP contribution is -2.34. The molecule has 0 aliphatic carbocycles. The summed E-state index contributed by atoms with van der Waals surface area (Å²) in [4.78, 5) is 2.07. The van der Waals surface area contributed by atoms with E-state index in [9.17, 15) is 5.11 Å². The molecule has 1 aromatic carbocycles. The quantitative estimate of drug-likeness (QED) is 0.761. The van der Waals surface area contributed by atoms with Crippen molar-refractivity contribution in [2.24, 2.45) is 0 Å². The summed E-state index contributed by atoms with van der Waals surface area (Å²) in [5, 5.41) is 10.1. The second-order valence-electron chi connectivity index (χ2n) is 4.98. The molecular formula is C18H21NO3. The van der Waals surface area contributed by atoms with Gasteiger partial charge in [0.25, 0.3) is 0 Å². The molecule has 0 bridgehead atoms. The SMILES string of the molecule is C#Cc1cccc(N(CC)CC(O)COCc2ccco2)c1. The molecule has 0 fully saturated rings. The van der Waals surface area contributed by atoms with Crippen LogP contribution in [0.5, 0.6) is 0 Å². The first kappa shape index (κ1) is 16.2. The number of rotatable bonds is 8. The van der Waals surface area contributed by atoms with E-state index in [0.717, 1.165) is 23.6 Å². The Labute approximate surface area is 131 Å². The topological polar surface area (TPSA) is 45.8 Å². The number of furan rings is 1. The van der Waals surface area contributed by atoms with E-state index in [4.69, 9.17) is 15.6 Å². The van der Waals surface area contributed by atoms with Crippen molar-refractivity contribution in [1.29, 1.82) is 0 Å². The van der Waals surface area contributed by atoms with Crippen LogP contribution < -0.4 is 4.90 Å².